The lowest BCUT2D eigenvalue weighted by atomic mass is 10.2. The number of fused-ring (bicyclic) bond motifs is 1. The van der Waals surface area contributed by atoms with Gasteiger partial charge in [-0.05, 0) is 25.1 Å². The summed E-state index contributed by atoms with van der Waals surface area (Å²) in [6.45, 7) is 0.463. The largest absolute Gasteiger partial charge is 0.465 e. The van der Waals surface area contributed by atoms with E-state index in [4.69, 9.17) is 21.1 Å². The molecule has 0 bridgehead atoms. The van der Waals surface area contributed by atoms with E-state index in [0.29, 0.717) is 10.7 Å². The van der Waals surface area contributed by atoms with Gasteiger partial charge in [0.2, 0.25) is 0 Å². The molecule has 8 nitrogen and oxygen atoms in total. The second kappa shape index (κ2) is 11.4. The molecule has 0 spiro atoms. The van der Waals surface area contributed by atoms with Gasteiger partial charge in [-0.15, -0.1) is 11.3 Å². The van der Waals surface area contributed by atoms with Crippen LogP contribution < -0.4 is 10.2 Å². The van der Waals surface area contributed by atoms with E-state index in [1.807, 2.05) is 18.2 Å². The summed E-state index contributed by atoms with van der Waals surface area (Å²) in [6.07, 6.45) is 0. The predicted molar refractivity (Wildman–Crippen MR) is 126 cm³/mol. The number of amides is 2. The second-order valence-corrected chi connectivity index (χ2v) is 8.14. The van der Waals surface area contributed by atoms with Crippen molar-refractivity contribution in [1.82, 2.24) is 5.32 Å². The van der Waals surface area contributed by atoms with Gasteiger partial charge >= 0.3 is 11.9 Å². The second-order valence-electron chi connectivity index (χ2n) is 6.71. The predicted octanol–water partition coefficient (Wildman–Crippen LogP) is 3.42. The zero-order valence-corrected chi connectivity index (χ0v) is 19.3. The van der Waals surface area contributed by atoms with Crippen molar-refractivity contribution in [3.8, 4) is 0 Å². The summed E-state index contributed by atoms with van der Waals surface area (Å²) in [6, 6.07) is 15.8. The molecule has 0 atom stereocenters. The molecule has 3 aromatic rings. The van der Waals surface area contributed by atoms with E-state index in [9.17, 15) is 19.2 Å². The van der Waals surface area contributed by atoms with Crippen molar-refractivity contribution in [2.75, 3.05) is 31.2 Å². The first kappa shape index (κ1) is 24.2. The zero-order valence-electron chi connectivity index (χ0n) is 17.7. The molecule has 0 fully saturated rings. The molecule has 0 unspecified atom stereocenters. The van der Waals surface area contributed by atoms with Crippen LogP contribution in [-0.2, 0) is 23.9 Å². The number of carbonyl (C=O) groups is 4. The lowest BCUT2D eigenvalue weighted by Crippen LogP contribution is -2.40. The highest BCUT2D eigenvalue weighted by Gasteiger charge is 2.22. The SMILES string of the molecule is CCOC(=O)CN(C(=O)COC(=O)CNC(=O)c1sc2ccccc2c1Cl)c1ccccc1. The van der Waals surface area contributed by atoms with Gasteiger partial charge in [-0.25, -0.2) is 0 Å². The monoisotopic (exact) mass is 488 g/mol. The first-order chi connectivity index (χ1) is 15.9. The first-order valence-electron chi connectivity index (χ1n) is 10.0. The normalized spacial score (nSPS) is 10.5. The number of esters is 2. The molecule has 172 valence electrons. The summed E-state index contributed by atoms with van der Waals surface area (Å²) in [5.74, 6) is -2.52. The van der Waals surface area contributed by atoms with Crippen molar-refractivity contribution in [2.24, 2.45) is 0 Å². The number of rotatable bonds is 9. The van der Waals surface area contributed by atoms with Gasteiger partial charge in [0.15, 0.2) is 6.61 Å². The van der Waals surface area contributed by atoms with Crippen molar-refractivity contribution in [3.05, 3.63) is 64.5 Å². The number of anilines is 1. The smallest absolute Gasteiger partial charge is 0.326 e. The third kappa shape index (κ3) is 6.30. The number of thiophene rings is 1. The van der Waals surface area contributed by atoms with Gasteiger partial charge in [-0.2, -0.15) is 0 Å². The first-order valence-corrected chi connectivity index (χ1v) is 11.2. The van der Waals surface area contributed by atoms with Crippen molar-refractivity contribution in [1.29, 1.82) is 0 Å². The van der Waals surface area contributed by atoms with Crippen LogP contribution in [0, 0.1) is 0 Å². The van der Waals surface area contributed by atoms with E-state index in [-0.39, 0.29) is 18.0 Å². The van der Waals surface area contributed by atoms with Gasteiger partial charge in [-0.1, -0.05) is 48.0 Å². The molecule has 0 aliphatic rings. The van der Waals surface area contributed by atoms with Crippen LogP contribution in [0.15, 0.2) is 54.6 Å². The Morgan fingerprint density at radius 2 is 1.67 bits per heavy atom. The van der Waals surface area contributed by atoms with Crippen LogP contribution in [0.3, 0.4) is 0 Å². The molecule has 3 rings (SSSR count). The molecule has 0 saturated carbocycles. The van der Waals surface area contributed by atoms with Gasteiger partial charge < -0.3 is 14.8 Å². The van der Waals surface area contributed by atoms with Crippen LogP contribution in [0.2, 0.25) is 5.02 Å². The molecular formula is C23H21ClN2O6S. The van der Waals surface area contributed by atoms with Crippen molar-refractivity contribution >= 4 is 62.5 Å². The van der Waals surface area contributed by atoms with Crippen LogP contribution in [0.4, 0.5) is 5.69 Å². The van der Waals surface area contributed by atoms with Crippen molar-refractivity contribution in [3.63, 3.8) is 0 Å². The van der Waals surface area contributed by atoms with Crippen LogP contribution in [0.25, 0.3) is 10.1 Å². The fraction of sp³-hybridized carbons (Fsp3) is 0.217. The van der Waals surface area contributed by atoms with Crippen molar-refractivity contribution < 1.29 is 28.7 Å². The summed E-state index contributed by atoms with van der Waals surface area (Å²) < 4.78 is 10.8. The molecule has 1 N–H and O–H groups in total. The lowest BCUT2D eigenvalue weighted by molar-refractivity contribution is -0.147. The Balaban J connectivity index is 1.55. The summed E-state index contributed by atoms with van der Waals surface area (Å²) in [4.78, 5) is 50.5. The Labute approximate surface area is 199 Å². The number of nitrogens with zero attached hydrogens (tertiary/aromatic N) is 1. The Hall–Kier alpha value is -3.43. The minimum Gasteiger partial charge on any atom is -0.465 e. The van der Waals surface area contributed by atoms with Gasteiger partial charge in [0, 0.05) is 15.8 Å². The molecule has 33 heavy (non-hydrogen) atoms. The standard InChI is InChI=1S/C23H21ClN2O6S/c1-2-31-20(29)13-26(15-8-4-3-5-9-15)18(27)14-32-19(28)12-25-23(30)22-21(24)16-10-6-7-11-17(16)33-22/h3-11H,2,12-14H2,1H3,(H,25,30). The van der Waals surface area contributed by atoms with E-state index >= 15 is 0 Å². The molecule has 1 aromatic heterocycles. The summed E-state index contributed by atoms with van der Waals surface area (Å²) in [5, 5.41) is 3.52. The van der Waals surface area contributed by atoms with E-state index < -0.39 is 36.9 Å². The number of nitrogens with one attached hydrogen (secondary N) is 1. The molecule has 1 heterocycles. The maximum atomic E-state index is 12.6. The van der Waals surface area contributed by atoms with Crippen LogP contribution >= 0.6 is 22.9 Å². The molecule has 0 radical (unpaired) electrons. The fourth-order valence-corrected chi connectivity index (χ4v) is 4.36. The summed E-state index contributed by atoms with van der Waals surface area (Å²) in [5.41, 5.74) is 0.458. The molecule has 2 amide bonds. The summed E-state index contributed by atoms with van der Waals surface area (Å²) in [7, 11) is 0. The Kier molecular flexibility index (Phi) is 8.39. The zero-order chi connectivity index (χ0) is 23.8. The topological polar surface area (TPSA) is 102 Å². The minimum atomic E-state index is -0.807. The number of benzene rings is 2. The number of hydrogen-bond donors (Lipinski definition) is 1. The minimum absolute atomic E-state index is 0.175. The average Bonchev–Trinajstić information content (AvgIpc) is 3.17. The maximum Gasteiger partial charge on any atom is 0.326 e. The lowest BCUT2D eigenvalue weighted by Gasteiger charge is -2.21. The number of ether oxygens (including phenoxy) is 2. The van der Waals surface area contributed by atoms with Crippen LogP contribution in [0.1, 0.15) is 16.6 Å². The van der Waals surface area contributed by atoms with E-state index in [1.54, 1.807) is 43.3 Å². The van der Waals surface area contributed by atoms with E-state index in [1.165, 1.54) is 16.2 Å². The highest BCUT2D eigenvalue weighted by molar-refractivity contribution is 7.21. The molecule has 0 saturated heterocycles. The quantitative estimate of drug-likeness (QED) is 0.463. The van der Waals surface area contributed by atoms with Crippen LogP contribution in [-0.4, -0.2) is 50.1 Å². The van der Waals surface area contributed by atoms with Crippen molar-refractivity contribution in [2.45, 2.75) is 6.92 Å². The fourth-order valence-electron chi connectivity index (χ4n) is 2.93. The van der Waals surface area contributed by atoms with E-state index in [0.717, 1.165) is 10.1 Å². The highest BCUT2D eigenvalue weighted by Crippen LogP contribution is 2.34. The van der Waals surface area contributed by atoms with Crippen LogP contribution in [0.5, 0.6) is 0 Å². The third-order valence-corrected chi connectivity index (χ3v) is 6.13. The Morgan fingerprint density at radius 1 is 0.970 bits per heavy atom. The Bertz CT molecular complexity index is 1160. The number of hydrogen-bond acceptors (Lipinski definition) is 7. The van der Waals surface area contributed by atoms with Gasteiger partial charge in [0.25, 0.3) is 11.8 Å². The molecule has 2 aromatic carbocycles. The maximum absolute atomic E-state index is 12.6. The molecular weight excluding hydrogens is 468 g/mol. The number of para-hydroxylation sites is 1. The molecule has 0 aliphatic heterocycles. The number of carbonyl (C=O) groups excluding carboxylic acids is 4. The Morgan fingerprint density at radius 3 is 2.36 bits per heavy atom. The average molecular weight is 489 g/mol. The third-order valence-electron chi connectivity index (χ3n) is 4.45. The van der Waals surface area contributed by atoms with Gasteiger partial charge in [-0.3, -0.25) is 24.1 Å². The number of halogens is 1. The molecule has 10 heteroatoms. The molecule has 0 aliphatic carbocycles. The van der Waals surface area contributed by atoms with E-state index in [2.05, 4.69) is 5.32 Å². The highest BCUT2D eigenvalue weighted by atomic mass is 35.5. The van der Waals surface area contributed by atoms with Gasteiger partial charge in [0.1, 0.15) is 18.0 Å². The summed E-state index contributed by atoms with van der Waals surface area (Å²) >= 11 is 7.48. The van der Waals surface area contributed by atoms with Gasteiger partial charge in [0.05, 0.1) is 11.6 Å².